The molecule has 0 aliphatic heterocycles. The van der Waals surface area contributed by atoms with Crippen LogP contribution in [0.5, 0.6) is 11.5 Å². The van der Waals surface area contributed by atoms with Gasteiger partial charge in [0.05, 0.1) is 6.10 Å². The van der Waals surface area contributed by atoms with Crippen LogP contribution in [0.3, 0.4) is 0 Å². The number of phenolic OH excluding ortho intramolecular Hbond substituents is 2. The van der Waals surface area contributed by atoms with Crippen molar-refractivity contribution < 1.29 is 15.3 Å². The number of aliphatic hydroxyl groups is 1. The molecule has 3 nitrogen and oxygen atoms in total. The van der Waals surface area contributed by atoms with Crippen molar-refractivity contribution in [3.63, 3.8) is 0 Å². The Morgan fingerprint density at radius 1 is 1.10 bits per heavy atom. The summed E-state index contributed by atoms with van der Waals surface area (Å²) in [7, 11) is 0. The van der Waals surface area contributed by atoms with Gasteiger partial charge in [0, 0.05) is 11.6 Å². The molecule has 0 amide bonds. The van der Waals surface area contributed by atoms with Gasteiger partial charge in [0.1, 0.15) is 11.5 Å². The van der Waals surface area contributed by atoms with E-state index in [-0.39, 0.29) is 23.0 Å². The number of hydrogen-bond donors (Lipinski definition) is 3. The standard InChI is InChI=1S/C18H24O3/c1-18-7-6-13-12(14(18)4-5-16(18)21)3-2-10-8-11(19)9-15(20)17(10)13/h8-9,12-14,16,19-21H,2-7H2,1H3/t12?,13?,14?,16-,18?/m0/s1. The minimum absolute atomic E-state index is 0.0746. The Morgan fingerprint density at radius 2 is 1.90 bits per heavy atom. The molecule has 2 fully saturated rings. The van der Waals surface area contributed by atoms with Crippen LogP contribution in [0.15, 0.2) is 12.1 Å². The molecule has 2 saturated carbocycles. The van der Waals surface area contributed by atoms with Gasteiger partial charge in [0.15, 0.2) is 0 Å². The summed E-state index contributed by atoms with van der Waals surface area (Å²) >= 11 is 0. The number of fused-ring (bicyclic) bond motifs is 5. The third-order valence-corrected chi connectivity index (χ3v) is 6.73. The Balaban J connectivity index is 1.75. The van der Waals surface area contributed by atoms with Gasteiger partial charge >= 0.3 is 0 Å². The van der Waals surface area contributed by atoms with Crippen LogP contribution in [0.2, 0.25) is 0 Å². The highest BCUT2D eigenvalue weighted by atomic mass is 16.3. The van der Waals surface area contributed by atoms with Crippen LogP contribution in [0, 0.1) is 17.3 Å². The predicted molar refractivity (Wildman–Crippen MR) is 80.4 cm³/mol. The van der Waals surface area contributed by atoms with Crippen molar-refractivity contribution in [3.05, 3.63) is 23.3 Å². The Bertz CT molecular complexity index is 582. The molecule has 5 atom stereocenters. The van der Waals surface area contributed by atoms with Crippen LogP contribution >= 0.6 is 0 Å². The molecule has 3 N–H and O–H groups in total. The molecular formula is C18H24O3. The van der Waals surface area contributed by atoms with E-state index < -0.39 is 0 Å². The average molecular weight is 288 g/mol. The first-order chi connectivity index (χ1) is 10.0. The quantitative estimate of drug-likeness (QED) is 0.686. The van der Waals surface area contributed by atoms with Crippen LogP contribution in [-0.2, 0) is 6.42 Å². The first kappa shape index (κ1) is 13.4. The minimum Gasteiger partial charge on any atom is -0.508 e. The van der Waals surface area contributed by atoms with E-state index in [1.807, 2.05) is 6.07 Å². The van der Waals surface area contributed by atoms with E-state index in [4.69, 9.17) is 0 Å². The SMILES string of the molecule is CC12CCC3c4c(O)cc(O)cc4CCC3C1CC[C@@H]2O. The fourth-order valence-corrected chi connectivity index (χ4v) is 5.66. The summed E-state index contributed by atoms with van der Waals surface area (Å²) in [5.74, 6) is 1.98. The average Bonchev–Trinajstić information content (AvgIpc) is 2.74. The van der Waals surface area contributed by atoms with E-state index in [0.29, 0.717) is 17.8 Å². The van der Waals surface area contributed by atoms with E-state index >= 15 is 0 Å². The lowest BCUT2D eigenvalue weighted by Gasteiger charge is -2.50. The number of rotatable bonds is 0. The molecule has 3 aliphatic carbocycles. The Hall–Kier alpha value is -1.22. The molecule has 21 heavy (non-hydrogen) atoms. The van der Waals surface area contributed by atoms with Crippen molar-refractivity contribution >= 4 is 0 Å². The molecule has 0 heterocycles. The molecule has 0 saturated heterocycles. The molecular weight excluding hydrogens is 264 g/mol. The Morgan fingerprint density at radius 3 is 2.71 bits per heavy atom. The maximum atomic E-state index is 10.4. The van der Waals surface area contributed by atoms with Crippen molar-refractivity contribution in [1.82, 2.24) is 0 Å². The topological polar surface area (TPSA) is 60.7 Å². The van der Waals surface area contributed by atoms with Gasteiger partial charge in [-0.2, -0.15) is 0 Å². The van der Waals surface area contributed by atoms with Crippen molar-refractivity contribution in [2.75, 3.05) is 0 Å². The lowest BCUT2D eigenvalue weighted by atomic mass is 9.55. The van der Waals surface area contributed by atoms with Crippen LogP contribution in [0.25, 0.3) is 0 Å². The largest absolute Gasteiger partial charge is 0.508 e. The van der Waals surface area contributed by atoms with Crippen LogP contribution in [0.4, 0.5) is 0 Å². The van der Waals surface area contributed by atoms with Gasteiger partial charge < -0.3 is 15.3 Å². The third kappa shape index (κ3) is 1.76. The molecule has 3 heteroatoms. The zero-order valence-electron chi connectivity index (χ0n) is 12.5. The molecule has 1 aromatic rings. The van der Waals surface area contributed by atoms with Gasteiger partial charge in [-0.05, 0) is 73.3 Å². The number of aliphatic hydroxyl groups excluding tert-OH is 1. The van der Waals surface area contributed by atoms with E-state index in [2.05, 4.69) is 6.92 Å². The predicted octanol–water partition coefficient (Wildman–Crippen LogP) is 3.31. The smallest absolute Gasteiger partial charge is 0.123 e. The number of aromatic hydroxyl groups is 2. The van der Waals surface area contributed by atoms with Gasteiger partial charge in [0.2, 0.25) is 0 Å². The van der Waals surface area contributed by atoms with Gasteiger partial charge in [-0.1, -0.05) is 6.92 Å². The first-order valence-corrected chi connectivity index (χ1v) is 8.23. The van der Waals surface area contributed by atoms with E-state index in [1.54, 1.807) is 0 Å². The highest BCUT2D eigenvalue weighted by Crippen LogP contribution is 2.61. The van der Waals surface area contributed by atoms with Crippen LogP contribution < -0.4 is 0 Å². The monoisotopic (exact) mass is 288 g/mol. The summed E-state index contributed by atoms with van der Waals surface area (Å²) in [5, 5.41) is 30.4. The van der Waals surface area contributed by atoms with Crippen molar-refractivity contribution in [1.29, 1.82) is 0 Å². The summed E-state index contributed by atoms with van der Waals surface area (Å²) in [6.45, 7) is 2.26. The Kier molecular flexibility index (Phi) is 2.81. The molecule has 0 radical (unpaired) electrons. The van der Waals surface area contributed by atoms with Gasteiger partial charge in [-0.15, -0.1) is 0 Å². The second-order valence-corrected chi connectivity index (χ2v) is 7.59. The van der Waals surface area contributed by atoms with E-state index in [0.717, 1.165) is 49.7 Å². The van der Waals surface area contributed by atoms with Crippen LogP contribution in [-0.4, -0.2) is 21.4 Å². The fourth-order valence-electron chi connectivity index (χ4n) is 5.66. The zero-order valence-corrected chi connectivity index (χ0v) is 12.5. The first-order valence-electron chi connectivity index (χ1n) is 8.23. The summed E-state index contributed by atoms with van der Waals surface area (Å²) < 4.78 is 0. The molecule has 0 aromatic heterocycles. The number of benzene rings is 1. The zero-order chi connectivity index (χ0) is 14.8. The maximum Gasteiger partial charge on any atom is 0.123 e. The summed E-state index contributed by atoms with van der Waals surface area (Å²) in [6, 6.07) is 3.31. The maximum absolute atomic E-state index is 10.4. The van der Waals surface area contributed by atoms with Crippen molar-refractivity contribution in [2.24, 2.45) is 17.3 Å². The van der Waals surface area contributed by atoms with Crippen molar-refractivity contribution in [3.8, 4) is 11.5 Å². The highest BCUT2D eigenvalue weighted by Gasteiger charge is 2.54. The van der Waals surface area contributed by atoms with Crippen molar-refractivity contribution in [2.45, 2.75) is 57.5 Å². The second kappa shape index (κ2) is 4.39. The second-order valence-electron chi connectivity index (χ2n) is 7.59. The third-order valence-electron chi connectivity index (χ3n) is 6.73. The summed E-state index contributed by atoms with van der Waals surface area (Å²) in [5.41, 5.74) is 2.27. The molecule has 0 bridgehead atoms. The van der Waals surface area contributed by atoms with Crippen LogP contribution in [0.1, 0.15) is 56.1 Å². The number of aryl methyl sites for hydroxylation is 1. The van der Waals surface area contributed by atoms with Gasteiger partial charge in [-0.3, -0.25) is 0 Å². The van der Waals surface area contributed by atoms with Gasteiger partial charge in [0.25, 0.3) is 0 Å². The highest BCUT2D eigenvalue weighted by molar-refractivity contribution is 5.49. The molecule has 114 valence electrons. The fraction of sp³-hybridized carbons (Fsp3) is 0.667. The van der Waals surface area contributed by atoms with E-state index in [9.17, 15) is 15.3 Å². The summed E-state index contributed by atoms with van der Waals surface area (Å²) in [4.78, 5) is 0. The number of phenols is 2. The normalized spacial score (nSPS) is 41.2. The molecule has 4 rings (SSSR count). The lowest BCUT2D eigenvalue weighted by molar-refractivity contribution is -0.0229. The summed E-state index contributed by atoms with van der Waals surface area (Å²) in [6.07, 6.45) is 6.03. The molecule has 0 spiro atoms. The Labute approximate surface area is 125 Å². The lowest BCUT2D eigenvalue weighted by Crippen LogP contribution is -2.43. The van der Waals surface area contributed by atoms with Gasteiger partial charge in [-0.25, -0.2) is 0 Å². The molecule has 3 aliphatic rings. The number of hydrogen-bond acceptors (Lipinski definition) is 3. The minimum atomic E-state index is -0.154. The molecule has 4 unspecified atom stereocenters. The molecule has 1 aromatic carbocycles. The van der Waals surface area contributed by atoms with E-state index in [1.165, 1.54) is 6.07 Å².